The number of amides is 1. The molecule has 0 aliphatic heterocycles. The molecule has 0 fully saturated rings. The molecule has 1 atom stereocenters. The zero-order valence-corrected chi connectivity index (χ0v) is 11.5. The van der Waals surface area contributed by atoms with Crippen molar-refractivity contribution in [2.45, 2.75) is 26.8 Å². The molecular formula is C13H19ClN2O. The minimum Gasteiger partial charge on any atom is -0.398 e. The summed E-state index contributed by atoms with van der Waals surface area (Å²) in [6.45, 7) is 6.21. The Morgan fingerprint density at radius 3 is 2.41 bits per heavy atom. The van der Waals surface area contributed by atoms with Gasteiger partial charge in [-0.1, -0.05) is 25.4 Å². The maximum Gasteiger partial charge on any atom is 0.253 e. The van der Waals surface area contributed by atoms with Crippen molar-refractivity contribution >= 4 is 23.2 Å². The minimum absolute atomic E-state index is 0.0328. The Kier molecular flexibility index (Phi) is 4.40. The van der Waals surface area contributed by atoms with E-state index in [1.54, 1.807) is 30.1 Å². The van der Waals surface area contributed by atoms with Gasteiger partial charge in [-0.05, 0) is 31.0 Å². The van der Waals surface area contributed by atoms with Gasteiger partial charge in [0.25, 0.3) is 5.91 Å². The largest absolute Gasteiger partial charge is 0.398 e. The van der Waals surface area contributed by atoms with Crippen LogP contribution in [-0.2, 0) is 0 Å². The van der Waals surface area contributed by atoms with E-state index in [1.165, 1.54) is 0 Å². The number of halogens is 1. The fraction of sp³-hybridized carbons (Fsp3) is 0.462. The SMILES string of the molecule is CC(C)C(C)N(C)C(=O)c1ccc(Cl)c(N)c1. The highest BCUT2D eigenvalue weighted by Gasteiger charge is 2.20. The van der Waals surface area contributed by atoms with E-state index in [9.17, 15) is 4.79 Å². The molecule has 3 nitrogen and oxygen atoms in total. The van der Waals surface area contributed by atoms with Gasteiger partial charge in [0.2, 0.25) is 0 Å². The van der Waals surface area contributed by atoms with Crippen LogP contribution < -0.4 is 5.73 Å². The van der Waals surface area contributed by atoms with Crippen LogP contribution in [0.15, 0.2) is 18.2 Å². The monoisotopic (exact) mass is 254 g/mol. The van der Waals surface area contributed by atoms with Gasteiger partial charge in [-0.25, -0.2) is 0 Å². The molecule has 0 saturated heterocycles. The summed E-state index contributed by atoms with van der Waals surface area (Å²) >= 11 is 5.83. The molecule has 0 bridgehead atoms. The maximum absolute atomic E-state index is 12.2. The Labute approximate surface area is 108 Å². The van der Waals surface area contributed by atoms with Gasteiger partial charge in [0, 0.05) is 18.7 Å². The molecule has 4 heteroatoms. The molecule has 17 heavy (non-hydrogen) atoms. The third-order valence-corrected chi connectivity index (χ3v) is 3.48. The van der Waals surface area contributed by atoms with Crippen LogP contribution in [0.5, 0.6) is 0 Å². The summed E-state index contributed by atoms with van der Waals surface area (Å²) in [4.78, 5) is 13.9. The average Bonchev–Trinajstić information content (AvgIpc) is 2.29. The summed E-state index contributed by atoms with van der Waals surface area (Å²) in [6, 6.07) is 5.15. The Morgan fingerprint density at radius 2 is 1.94 bits per heavy atom. The number of carbonyl (C=O) groups is 1. The number of anilines is 1. The molecule has 0 aliphatic carbocycles. The first-order chi connectivity index (χ1) is 7.84. The Hall–Kier alpha value is -1.22. The first-order valence-electron chi connectivity index (χ1n) is 5.66. The number of nitrogen functional groups attached to an aromatic ring is 1. The van der Waals surface area contributed by atoms with Gasteiger partial charge >= 0.3 is 0 Å². The second-order valence-electron chi connectivity index (χ2n) is 4.64. The highest BCUT2D eigenvalue weighted by Crippen LogP contribution is 2.21. The molecule has 1 aromatic rings. The van der Waals surface area contributed by atoms with E-state index < -0.39 is 0 Å². The van der Waals surface area contributed by atoms with Crippen molar-refractivity contribution in [3.8, 4) is 0 Å². The summed E-state index contributed by atoms with van der Waals surface area (Å²) < 4.78 is 0. The molecule has 0 saturated carbocycles. The van der Waals surface area contributed by atoms with E-state index in [2.05, 4.69) is 13.8 Å². The van der Waals surface area contributed by atoms with Crippen molar-refractivity contribution in [2.75, 3.05) is 12.8 Å². The summed E-state index contributed by atoms with van der Waals surface area (Å²) in [7, 11) is 1.80. The number of hydrogen-bond donors (Lipinski definition) is 1. The molecular weight excluding hydrogens is 236 g/mol. The first kappa shape index (κ1) is 13.8. The predicted octanol–water partition coefficient (Wildman–Crippen LogP) is 3.04. The number of nitrogens with zero attached hydrogens (tertiary/aromatic N) is 1. The molecule has 0 radical (unpaired) electrons. The molecule has 1 amide bonds. The molecule has 94 valence electrons. The normalized spacial score (nSPS) is 12.6. The summed E-state index contributed by atoms with van der Waals surface area (Å²) in [5.41, 5.74) is 6.70. The molecule has 0 spiro atoms. The van der Waals surface area contributed by atoms with Crippen LogP contribution in [0, 0.1) is 5.92 Å². The quantitative estimate of drug-likeness (QED) is 0.843. The lowest BCUT2D eigenvalue weighted by molar-refractivity contribution is 0.0707. The van der Waals surface area contributed by atoms with Gasteiger partial charge in [-0.15, -0.1) is 0 Å². The fourth-order valence-electron chi connectivity index (χ4n) is 1.51. The van der Waals surface area contributed by atoms with Crippen molar-refractivity contribution in [1.29, 1.82) is 0 Å². The number of carbonyl (C=O) groups excluding carboxylic acids is 1. The van der Waals surface area contributed by atoms with E-state index in [0.29, 0.717) is 22.2 Å². The molecule has 1 aromatic carbocycles. The molecule has 0 heterocycles. The average molecular weight is 255 g/mol. The van der Waals surface area contributed by atoms with E-state index in [-0.39, 0.29) is 11.9 Å². The lowest BCUT2D eigenvalue weighted by Gasteiger charge is -2.28. The van der Waals surface area contributed by atoms with Crippen LogP contribution in [-0.4, -0.2) is 23.9 Å². The van der Waals surface area contributed by atoms with Crippen LogP contribution in [0.2, 0.25) is 5.02 Å². The third-order valence-electron chi connectivity index (χ3n) is 3.14. The zero-order valence-electron chi connectivity index (χ0n) is 10.7. The maximum atomic E-state index is 12.2. The fourth-order valence-corrected chi connectivity index (χ4v) is 1.63. The Bertz CT molecular complexity index is 418. The van der Waals surface area contributed by atoms with Gasteiger partial charge in [0.05, 0.1) is 10.7 Å². The predicted molar refractivity (Wildman–Crippen MR) is 72.3 cm³/mol. The number of rotatable bonds is 3. The number of nitrogens with two attached hydrogens (primary N) is 1. The van der Waals surface area contributed by atoms with Crippen LogP contribution in [0.4, 0.5) is 5.69 Å². The van der Waals surface area contributed by atoms with E-state index >= 15 is 0 Å². The zero-order chi connectivity index (χ0) is 13.2. The molecule has 2 N–H and O–H groups in total. The highest BCUT2D eigenvalue weighted by atomic mass is 35.5. The number of hydrogen-bond acceptors (Lipinski definition) is 2. The van der Waals surface area contributed by atoms with Crippen LogP contribution >= 0.6 is 11.6 Å². The second kappa shape index (κ2) is 5.41. The van der Waals surface area contributed by atoms with Crippen LogP contribution in [0.3, 0.4) is 0 Å². The van der Waals surface area contributed by atoms with E-state index in [1.807, 2.05) is 6.92 Å². The minimum atomic E-state index is -0.0328. The second-order valence-corrected chi connectivity index (χ2v) is 5.04. The lowest BCUT2D eigenvalue weighted by Crippen LogP contribution is -2.38. The van der Waals surface area contributed by atoms with Crippen molar-refractivity contribution in [2.24, 2.45) is 5.92 Å². The van der Waals surface area contributed by atoms with Crippen molar-refractivity contribution in [3.05, 3.63) is 28.8 Å². The lowest BCUT2D eigenvalue weighted by atomic mass is 10.0. The van der Waals surface area contributed by atoms with Crippen LogP contribution in [0.25, 0.3) is 0 Å². The van der Waals surface area contributed by atoms with E-state index in [0.717, 1.165) is 0 Å². The van der Waals surface area contributed by atoms with Crippen molar-refractivity contribution < 1.29 is 4.79 Å². The molecule has 1 unspecified atom stereocenters. The van der Waals surface area contributed by atoms with Gasteiger partial charge in [-0.2, -0.15) is 0 Å². The van der Waals surface area contributed by atoms with Gasteiger partial charge in [0.1, 0.15) is 0 Å². The molecule has 0 aliphatic rings. The first-order valence-corrected chi connectivity index (χ1v) is 6.04. The van der Waals surface area contributed by atoms with Gasteiger partial charge in [0.15, 0.2) is 0 Å². The highest BCUT2D eigenvalue weighted by molar-refractivity contribution is 6.33. The van der Waals surface area contributed by atoms with Crippen molar-refractivity contribution in [3.63, 3.8) is 0 Å². The van der Waals surface area contributed by atoms with Gasteiger partial charge < -0.3 is 10.6 Å². The summed E-state index contributed by atoms with van der Waals surface area (Å²) in [6.07, 6.45) is 0. The smallest absolute Gasteiger partial charge is 0.253 e. The van der Waals surface area contributed by atoms with Crippen LogP contribution in [0.1, 0.15) is 31.1 Å². The third kappa shape index (κ3) is 3.13. The molecule has 0 aromatic heterocycles. The molecule has 1 rings (SSSR count). The van der Waals surface area contributed by atoms with Crippen molar-refractivity contribution in [1.82, 2.24) is 4.90 Å². The topological polar surface area (TPSA) is 46.3 Å². The van der Waals surface area contributed by atoms with Gasteiger partial charge in [-0.3, -0.25) is 4.79 Å². The summed E-state index contributed by atoms with van der Waals surface area (Å²) in [5.74, 6) is 0.378. The Balaban J connectivity index is 2.92. The standard InChI is InChI=1S/C13H19ClN2O/c1-8(2)9(3)16(4)13(17)10-5-6-11(14)12(15)7-10/h5-9H,15H2,1-4H3. The number of benzene rings is 1. The van der Waals surface area contributed by atoms with E-state index in [4.69, 9.17) is 17.3 Å². The summed E-state index contributed by atoms with van der Waals surface area (Å²) in [5, 5.41) is 0.473. The Morgan fingerprint density at radius 1 is 1.35 bits per heavy atom.